The van der Waals surface area contributed by atoms with Gasteiger partial charge in [0.1, 0.15) is 6.54 Å². The van der Waals surface area contributed by atoms with Gasteiger partial charge in [0.15, 0.2) is 5.96 Å². The third-order valence-corrected chi connectivity index (χ3v) is 5.37. The van der Waals surface area contributed by atoms with Gasteiger partial charge < -0.3 is 19.9 Å². The van der Waals surface area contributed by atoms with Gasteiger partial charge in [0, 0.05) is 39.2 Å². The van der Waals surface area contributed by atoms with Gasteiger partial charge in [-0.15, -0.1) is 11.3 Å². The highest BCUT2D eigenvalue weighted by Gasteiger charge is 2.17. The van der Waals surface area contributed by atoms with Gasteiger partial charge in [-0.3, -0.25) is 4.79 Å². The number of likely N-dealkylation sites (N-methyl/N-ethyl adjacent to an activating group) is 1. The topological polar surface area (TPSA) is 57.2 Å². The Hall–Kier alpha value is -1.12. The number of rotatable bonds is 6. The van der Waals surface area contributed by atoms with Gasteiger partial charge in [-0.05, 0) is 40.9 Å². The van der Waals surface area contributed by atoms with Gasteiger partial charge in [0.2, 0.25) is 5.91 Å². The maximum atomic E-state index is 11.8. The van der Waals surface area contributed by atoms with E-state index < -0.39 is 0 Å². The van der Waals surface area contributed by atoms with E-state index in [1.807, 2.05) is 18.0 Å². The van der Waals surface area contributed by atoms with Gasteiger partial charge in [0.05, 0.1) is 16.4 Å². The molecule has 1 amide bonds. The van der Waals surface area contributed by atoms with Crippen molar-refractivity contribution >= 4 is 39.1 Å². The van der Waals surface area contributed by atoms with Crippen molar-refractivity contribution in [1.82, 2.24) is 15.1 Å². The van der Waals surface area contributed by atoms with Crippen molar-refractivity contribution in [2.45, 2.75) is 25.5 Å². The number of guanidine groups is 1. The number of aliphatic imine (C=N–C) groups is 1. The van der Waals surface area contributed by atoms with Crippen LogP contribution in [0.2, 0.25) is 0 Å². The predicted octanol–water partition coefficient (Wildman–Crippen LogP) is 2.16. The number of halogens is 1. The lowest BCUT2D eigenvalue weighted by molar-refractivity contribution is -0.127. The van der Waals surface area contributed by atoms with E-state index in [0.717, 1.165) is 35.7 Å². The average Bonchev–Trinajstić information content (AvgIpc) is 3.18. The van der Waals surface area contributed by atoms with Crippen LogP contribution in [0.25, 0.3) is 0 Å². The molecule has 8 heteroatoms. The van der Waals surface area contributed by atoms with Crippen LogP contribution in [0.4, 0.5) is 0 Å². The Labute approximate surface area is 156 Å². The van der Waals surface area contributed by atoms with E-state index in [4.69, 9.17) is 4.74 Å². The van der Waals surface area contributed by atoms with E-state index >= 15 is 0 Å². The molecule has 0 saturated carbocycles. The number of hydrogen-bond donors (Lipinski definition) is 1. The summed E-state index contributed by atoms with van der Waals surface area (Å²) in [4.78, 5) is 21.1. The molecule has 134 valence electrons. The summed E-state index contributed by atoms with van der Waals surface area (Å²) in [7, 11) is 5.46. The Kier molecular flexibility index (Phi) is 7.51. The quantitative estimate of drug-likeness (QED) is 0.570. The first-order valence-corrected chi connectivity index (χ1v) is 9.62. The molecule has 1 saturated heterocycles. The fourth-order valence-electron chi connectivity index (χ4n) is 2.35. The first-order chi connectivity index (χ1) is 11.5. The van der Waals surface area contributed by atoms with E-state index in [0.29, 0.717) is 6.54 Å². The van der Waals surface area contributed by atoms with Crippen molar-refractivity contribution in [3.8, 4) is 0 Å². The number of nitrogens with zero attached hydrogens (tertiary/aromatic N) is 3. The van der Waals surface area contributed by atoms with E-state index in [-0.39, 0.29) is 18.6 Å². The Bertz CT molecular complexity index is 570. The second-order valence-corrected chi connectivity index (χ2v) is 8.55. The zero-order valence-corrected chi connectivity index (χ0v) is 16.8. The highest BCUT2D eigenvalue weighted by molar-refractivity contribution is 9.11. The number of carbonyl (C=O) groups excluding carboxylic acids is 1. The summed E-state index contributed by atoms with van der Waals surface area (Å²) in [5.41, 5.74) is 0. The SMILES string of the molecule is CN(C)C(=O)CN=C(NCC1CCCO1)N(C)Cc1ccc(Br)s1. The molecule has 1 atom stereocenters. The van der Waals surface area contributed by atoms with Crippen LogP contribution in [-0.4, -0.2) is 68.6 Å². The second-order valence-electron chi connectivity index (χ2n) is 6.01. The van der Waals surface area contributed by atoms with Crippen molar-refractivity contribution in [3.63, 3.8) is 0 Å². The van der Waals surface area contributed by atoms with Crippen LogP contribution in [0, 0.1) is 0 Å². The van der Waals surface area contributed by atoms with Gasteiger partial charge in [-0.1, -0.05) is 0 Å². The molecule has 1 aliphatic heterocycles. The fourth-order valence-corrected chi connectivity index (χ4v) is 3.89. The maximum absolute atomic E-state index is 11.8. The van der Waals surface area contributed by atoms with E-state index in [1.54, 1.807) is 30.3 Å². The summed E-state index contributed by atoms with van der Waals surface area (Å²) in [6, 6.07) is 4.13. The zero-order valence-electron chi connectivity index (χ0n) is 14.4. The summed E-state index contributed by atoms with van der Waals surface area (Å²) in [6.45, 7) is 2.42. The Morgan fingerprint density at radius 2 is 2.25 bits per heavy atom. The standard InChI is InChI=1S/C16H25BrN4O2S/c1-20(2)15(22)10-19-16(18-9-12-5-4-8-23-12)21(3)11-13-6-7-14(17)24-13/h6-7,12H,4-5,8-11H2,1-3H3,(H,18,19). The van der Waals surface area contributed by atoms with E-state index in [9.17, 15) is 4.79 Å². The minimum atomic E-state index is -0.0151. The van der Waals surface area contributed by atoms with Crippen molar-refractivity contribution in [2.24, 2.45) is 4.99 Å². The number of hydrogen-bond acceptors (Lipinski definition) is 4. The molecular weight excluding hydrogens is 392 g/mol. The maximum Gasteiger partial charge on any atom is 0.243 e. The highest BCUT2D eigenvalue weighted by Crippen LogP contribution is 2.23. The first-order valence-electron chi connectivity index (χ1n) is 8.01. The molecule has 1 aliphatic rings. The predicted molar refractivity (Wildman–Crippen MR) is 101 cm³/mol. The van der Waals surface area contributed by atoms with Crippen LogP contribution in [0.5, 0.6) is 0 Å². The average molecular weight is 417 g/mol. The van der Waals surface area contributed by atoms with Gasteiger partial charge in [0.25, 0.3) is 0 Å². The zero-order chi connectivity index (χ0) is 17.5. The summed E-state index contributed by atoms with van der Waals surface area (Å²) in [6.07, 6.45) is 2.40. The van der Waals surface area contributed by atoms with Crippen LogP contribution in [0.15, 0.2) is 20.9 Å². The van der Waals surface area contributed by atoms with E-state index in [2.05, 4.69) is 32.3 Å². The lowest BCUT2D eigenvalue weighted by atomic mass is 10.2. The van der Waals surface area contributed by atoms with Crippen molar-refractivity contribution < 1.29 is 9.53 Å². The van der Waals surface area contributed by atoms with Gasteiger partial charge >= 0.3 is 0 Å². The molecule has 1 fully saturated rings. The molecule has 2 heterocycles. The number of carbonyl (C=O) groups is 1. The first kappa shape index (κ1) is 19.2. The largest absolute Gasteiger partial charge is 0.376 e. The van der Waals surface area contributed by atoms with Crippen LogP contribution in [-0.2, 0) is 16.1 Å². The minimum Gasteiger partial charge on any atom is -0.376 e. The molecule has 0 aromatic carbocycles. The number of thiophene rings is 1. The van der Waals surface area contributed by atoms with Gasteiger partial charge in [-0.2, -0.15) is 0 Å². The fraction of sp³-hybridized carbons (Fsp3) is 0.625. The van der Waals surface area contributed by atoms with Gasteiger partial charge in [-0.25, -0.2) is 4.99 Å². The highest BCUT2D eigenvalue weighted by atomic mass is 79.9. The number of nitrogens with one attached hydrogen (secondary N) is 1. The van der Waals surface area contributed by atoms with Crippen molar-refractivity contribution in [3.05, 3.63) is 20.8 Å². The molecule has 1 aromatic heterocycles. The molecule has 0 aliphatic carbocycles. The Morgan fingerprint density at radius 3 is 2.83 bits per heavy atom. The molecular formula is C16H25BrN4O2S. The molecule has 1 unspecified atom stereocenters. The summed E-state index contributed by atoms with van der Waals surface area (Å²) in [5, 5.41) is 3.36. The monoisotopic (exact) mass is 416 g/mol. The number of amides is 1. The lowest BCUT2D eigenvalue weighted by Crippen LogP contribution is -2.42. The minimum absolute atomic E-state index is 0.0151. The normalized spacial score (nSPS) is 17.8. The molecule has 24 heavy (non-hydrogen) atoms. The number of ether oxygens (including phenoxy) is 1. The van der Waals surface area contributed by atoms with Crippen LogP contribution in [0.3, 0.4) is 0 Å². The molecule has 0 bridgehead atoms. The smallest absolute Gasteiger partial charge is 0.243 e. The third kappa shape index (κ3) is 6.07. The molecule has 0 spiro atoms. The third-order valence-electron chi connectivity index (χ3n) is 3.76. The molecule has 1 N–H and O–H groups in total. The van der Waals surface area contributed by atoms with Crippen LogP contribution < -0.4 is 5.32 Å². The Morgan fingerprint density at radius 1 is 1.46 bits per heavy atom. The van der Waals surface area contributed by atoms with E-state index in [1.165, 1.54) is 4.88 Å². The van der Waals surface area contributed by atoms with Crippen molar-refractivity contribution in [2.75, 3.05) is 40.8 Å². The molecule has 1 aromatic rings. The molecule has 2 rings (SSSR count). The van der Waals surface area contributed by atoms with Crippen LogP contribution >= 0.6 is 27.3 Å². The lowest BCUT2D eigenvalue weighted by Gasteiger charge is -2.23. The summed E-state index contributed by atoms with van der Waals surface area (Å²) < 4.78 is 6.76. The second kappa shape index (κ2) is 9.39. The molecule has 0 radical (unpaired) electrons. The van der Waals surface area contributed by atoms with Crippen LogP contribution in [0.1, 0.15) is 17.7 Å². The molecule has 6 nitrogen and oxygen atoms in total. The Balaban J connectivity index is 1.98. The van der Waals surface area contributed by atoms with Crippen molar-refractivity contribution in [1.29, 1.82) is 0 Å². The summed E-state index contributed by atoms with van der Waals surface area (Å²) >= 11 is 5.19. The summed E-state index contributed by atoms with van der Waals surface area (Å²) in [5.74, 6) is 0.712.